The largest absolute Gasteiger partial charge is 0.465 e. The van der Waals surface area contributed by atoms with Crippen LogP contribution in [0.25, 0.3) is 6.08 Å². The van der Waals surface area contributed by atoms with Gasteiger partial charge in [-0.3, -0.25) is 4.79 Å². The molecule has 0 aliphatic carbocycles. The Morgan fingerprint density at radius 1 is 1.19 bits per heavy atom. The van der Waals surface area contributed by atoms with E-state index in [1.54, 1.807) is 6.07 Å². The molecule has 0 unspecified atom stereocenters. The predicted molar refractivity (Wildman–Crippen MR) is 111 cm³/mol. The van der Waals surface area contributed by atoms with Crippen LogP contribution in [-0.4, -0.2) is 37.2 Å². The number of ether oxygens (including phenoxy) is 2. The fraction of sp³-hybridized carbons (Fsp3) is 0.619. The highest BCUT2D eigenvalue weighted by Gasteiger charge is 2.26. The molecular formula is C21H33NO4S. The van der Waals surface area contributed by atoms with Crippen LogP contribution < -0.4 is 5.32 Å². The van der Waals surface area contributed by atoms with Crippen LogP contribution in [0.15, 0.2) is 18.2 Å². The van der Waals surface area contributed by atoms with Gasteiger partial charge in [0.05, 0.1) is 7.11 Å². The van der Waals surface area contributed by atoms with E-state index in [1.165, 1.54) is 18.4 Å². The van der Waals surface area contributed by atoms with Crippen LogP contribution in [-0.2, 0) is 14.3 Å². The maximum absolute atomic E-state index is 12.5. The van der Waals surface area contributed by atoms with Crippen molar-refractivity contribution < 1.29 is 19.1 Å². The molecule has 0 bridgehead atoms. The van der Waals surface area contributed by atoms with E-state index in [4.69, 9.17) is 9.47 Å². The highest BCUT2D eigenvalue weighted by molar-refractivity contribution is 7.14. The molecule has 0 aliphatic heterocycles. The number of hydrogen-bond acceptors (Lipinski definition) is 6. The molecule has 0 aromatic carbocycles. The Bertz CT molecular complexity index is 650. The fourth-order valence-electron chi connectivity index (χ4n) is 2.29. The minimum atomic E-state index is -0.504. The number of methoxy groups -OCH3 is 1. The smallest absolute Gasteiger partial charge is 0.348 e. The predicted octanol–water partition coefficient (Wildman–Crippen LogP) is 4.67. The number of nitrogens with one attached hydrogen (secondary N) is 1. The summed E-state index contributed by atoms with van der Waals surface area (Å²) in [5.41, 5.74) is -0.352. The molecule has 0 saturated heterocycles. The number of carbonyl (C=O) groups is 2. The van der Waals surface area contributed by atoms with Gasteiger partial charge >= 0.3 is 11.9 Å². The second-order valence-corrected chi connectivity index (χ2v) is 9.80. The molecule has 27 heavy (non-hydrogen) atoms. The third-order valence-electron chi connectivity index (χ3n) is 3.65. The molecule has 0 amide bonds. The van der Waals surface area contributed by atoms with Crippen LogP contribution in [0.5, 0.6) is 0 Å². The molecule has 1 aromatic heterocycles. The minimum absolute atomic E-state index is 0.152. The van der Waals surface area contributed by atoms with Crippen molar-refractivity contribution in [3.05, 3.63) is 28.0 Å². The van der Waals surface area contributed by atoms with Gasteiger partial charge in [-0.25, -0.2) is 4.79 Å². The van der Waals surface area contributed by atoms with E-state index in [1.807, 2.05) is 39.0 Å². The lowest BCUT2D eigenvalue weighted by Crippen LogP contribution is -2.41. The third kappa shape index (κ3) is 9.73. The fourth-order valence-corrected chi connectivity index (χ4v) is 3.15. The van der Waals surface area contributed by atoms with Gasteiger partial charge < -0.3 is 14.8 Å². The highest BCUT2D eigenvalue weighted by atomic mass is 32.1. The second kappa shape index (κ2) is 10.0. The Morgan fingerprint density at radius 3 is 2.41 bits per heavy atom. The average molecular weight is 396 g/mol. The monoisotopic (exact) mass is 395 g/mol. The lowest BCUT2D eigenvalue weighted by atomic mass is 9.88. The van der Waals surface area contributed by atoms with Gasteiger partial charge in [0.2, 0.25) is 0 Å². The zero-order valence-corrected chi connectivity index (χ0v) is 18.4. The number of rotatable bonds is 8. The zero-order chi connectivity index (χ0) is 20.7. The van der Waals surface area contributed by atoms with Crippen molar-refractivity contribution in [2.75, 3.05) is 13.7 Å². The molecule has 1 atom stereocenters. The molecule has 0 radical (unpaired) electrons. The summed E-state index contributed by atoms with van der Waals surface area (Å²) in [4.78, 5) is 25.5. The molecule has 0 spiro atoms. The summed E-state index contributed by atoms with van der Waals surface area (Å²) in [6.07, 6.45) is 5.51. The van der Waals surface area contributed by atoms with E-state index < -0.39 is 5.60 Å². The molecule has 0 aliphatic rings. The van der Waals surface area contributed by atoms with Crippen LogP contribution in [0.1, 0.15) is 68.9 Å². The highest BCUT2D eigenvalue weighted by Crippen LogP contribution is 2.23. The quantitative estimate of drug-likeness (QED) is 0.648. The van der Waals surface area contributed by atoms with Crippen LogP contribution in [0.2, 0.25) is 0 Å². The summed E-state index contributed by atoms with van der Waals surface area (Å²) >= 11 is 1.37. The molecule has 1 rings (SSSR count). The van der Waals surface area contributed by atoms with Gasteiger partial charge in [0.15, 0.2) is 0 Å². The van der Waals surface area contributed by atoms with Crippen LogP contribution in [0, 0.1) is 5.41 Å². The van der Waals surface area contributed by atoms with Crippen molar-refractivity contribution >= 4 is 29.4 Å². The molecule has 1 aromatic rings. The summed E-state index contributed by atoms with van der Waals surface area (Å²) in [5, 5.41) is 3.28. The third-order valence-corrected chi connectivity index (χ3v) is 4.68. The van der Waals surface area contributed by atoms with E-state index in [9.17, 15) is 9.59 Å². The SMILES string of the molecule is COC(=O)c1ccc(/C=C\CN[C@@H](CCC(C)(C)C)C(=O)OC(C)(C)C)s1. The van der Waals surface area contributed by atoms with Crippen LogP contribution in [0.3, 0.4) is 0 Å². The molecule has 5 nitrogen and oxygen atoms in total. The first-order valence-corrected chi connectivity index (χ1v) is 10.0. The van der Waals surface area contributed by atoms with Gasteiger partial charge in [0, 0.05) is 11.4 Å². The van der Waals surface area contributed by atoms with Crippen molar-refractivity contribution in [2.24, 2.45) is 5.41 Å². The van der Waals surface area contributed by atoms with Crippen molar-refractivity contribution in [1.29, 1.82) is 0 Å². The molecule has 152 valence electrons. The Labute approximate surface area is 167 Å². The standard InChI is InChI=1S/C21H33NO4S/c1-20(2,3)13-12-16(18(23)26-21(4,5)6)22-14-8-9-15-10-11-17(27-15)19(24)25-7/h8-11,16,22H,12-14H2,1-7H3/b9-8-/t16-/m0/s1. The second-order valence-electron chi connectivity index (χ2n) is 8.69. The van der Waals surface area contributed by atoms with Gasteiger partial charge in [-0.2, -0.15) is 0 Å². The first-order chi connectivity index (χ1) is 12.4. The van der Waals surface area contributed by atoms with E-state index in [0.717, 1.165) is 17.7 Å². The number of esters is 2. The first-order valence-electron chi connectivity index (χ1n) is 9.22. The topological polar surface area (TPSA) is 64.6 Å². The van der Waals surface area contributed by atoms with Crippen molar-refractivity contribution in [1.82, 2.24) is 5.32 Å². The van der Waals surface area contributed by atoms with E-state index >= 15 is 0 Å². The van der Waals surface area contributed by atoms with E-state index in [2.05, 4.69) is 26.1 Å². The van der Waals surface area contributed by atoms with Crippen molar-refractivity contribution in [3.8, 4) is 0 Å². The molecule has 0 saturated carbocycles. The molecule has 1 N–H and O–H groups in total. The van der Waals surface area contributed by atoms with E-state index in [-0.39, 0.29) is 23.4 Å². The molecule has 1 heterocycles. The summed E-state index contributed by atoms with van der Waals surface area (Å²) < 4.78 is 10.3. The lowest BCUT2D eigenvalue weighted by Gasteiger charge is -2.26. The average Bonchev–Trinajstić information content (AvgIpc) is 2.99. The zero-order valence-electron chi connectivity index (χ0n) is 17.5. The van der Waals surface area contributed by atoms with Gasteiger partial charge in [0.25, 0.3) is 0 Å². The Kier molecular flexibility index (Phi) is 8.69. The summed E-state index contributed by atoms with van der Waals surface area (Å²) in [5.74, 6) is -0.547. The normalized spacial score (nSPS) is 13.6. The lowest BCUT2D eigenvalue weighted by molar-refractivity contribution is -0.157. The maximum Gasteiger partial charge on any atom is 0.348 e. The summed E-state index contributed by atoms with van der Waals surface area (Å²) in [6, 6.07) is 3.27. The number of hydrogen-bond donors (Lipinski definition) is 1. The van der Waals surface area contributed by atoms with Gasteiger partial charge in [-0.05, 0) is 57.2 Å². The Balaban J connectivity index is 2.65. The van der Waals surface area contributed by atoms with Crippen molar-refractivity contribution in [3.63, 3.8) is 0 Å². The minimum Gasteiger partial charge on any atom is -0.465 e. The summed E-state index contributed by atoms with van der Waals surface area (Å²) in [6.45, 7) is 12.7. The molecule has 6 heteroatoms. The molecular weight excluding hydrogens is 362 g/mol. The number of carbonyl (C=O) groups excluding carboxylic acids is 2. The maximum atomic E-state index is 12.5. The summed E-state index contributed by atoms with van der Waals surface area (Å²) in [7, 11) is 1.37. The van der Waals surface area contributed by atoms with E-state index in [0.29, 0.717) is 11.4 Å². The molecule has 0 fully saturated rings. The van der Waals surface area contributed by atoms with Crippen LogP contribution >= 0.6 is 11.3 Å². The Morgan fingerprint density at radius 2 is 1.85 bits per heavy atom. The Hall–Kier alpha value is -1.66. The van der Waals surface area contributed by atoms with Gasteiger partial charge in [-0.15, -0.1) is 11.3 Å². The first kappa shape index (κ1) is 23.4. The number of thiophene rings is 1. The van der Waals surface area contributed by atoms with Crippen molar-refractivity contribution in [2.45, 2.75) is 66.0 Å². The van der Waals surface area contributed by atoms with Gasteiger partial charge in [-0.1, -0.05) is 26.8 Å². The van der Waals surface area contributed by atoms with Crippen LogP contribution in [0.4, 0.5) is 0 Å². The van der Waals surface area contributed by atoms with Gasteiger partial charge in [0.1, 0.15) is 16.5 Å².